The highest BCUT2D eigenvalue weighted by Crippen LogP contribution is 2.21. The monoisotopic (exact) mass is 404 g/mol. The third kappa shape index (κ3) is 5.64. The molecule has 0 atom stereocenters. The van der Waals surface area contributed by atoms with Gasteiger partial charge in [0.15, 0.2) is 0 Å². The molecule has 0 heterocycles. The van der Waals surface area contributed by atoms with E-state index >= 15 is 0 Å². The number of benzene rings is 2. The minimum atomic E-state index is -3.64. The number of amides is 1. The molecule has 0 spiro atoms. The molecule has 0 aliphatic heterocycles. The number of rotatable bonds is 8. The van der Waals surface area contributed by atoms with Crippen LogP contribution in [-0.2, 0) is 27.9 Å². The summed E-state index contributed by atoms with van der Waals surface area (Å²) in [6.45, 7) is 8.34. The van der Waals surface area contributed by atoms with Crippen LogP contribution in [0.2, 0.25) is 0 Å². The van der Waals surface area contributed by atoms with Gasteiger partial charge in [0.25, 0.3) is 5.91 Å². The minimum Gasteiger partial charge on any atom is -0.374 e. The van der Waals surface area contributed by atoms with Gasteiger partial charge in [-0.1, -0.05) is 24.3 Å². The number of hydrogen-bond acceptors (Lipinski definition) is 4. The summed E-state index contributed by atoms with van der Waals surface area (Å²) in [6, 6.07) is 10.9. The quantitative estimate of drug-likeness (QED) is 0.708. The fourth-order valence-corrected chi connectivity index (χ4v) is 3.79. The number of sulfonamides is 1. The number of ether oxygens (including phenoxy) is 1. The third-order valence-corrected chi connectivity index (χ3v) is 6.01. The van der Waals surface area contributed by atoms with Crippen molar-refractivity contribution < 1.29 is 17.9 Å². The number of hydrogen-bond donors (Lipinski definition) is 2. The molecule has 0 unspecified atom stereocenters. The lowest BCUT2D eigenvalue weighted by molar-refractivity contribution is 0.0657. The summed E-state index contributed by atoms with van der Waals surface area (Å²) >= 11 is 0. The van der Waals surface area contributed by atoms with Crippen molar-refractivity contribution in [2.45, 2.75) is 51.8 Å². The Labute approximate surface area is 167 Å². The van der Waals surface area contributed by atoms with Crippen molar-refractivity contribution >= 4 is 15.9 Å². The summed E-state index contributed by atoms with van der Waals surface area (Å²) < 4.78 is 32.4. The zero-order chi connectivity index (χ0) is 20.9. The molecule has 0 saturated heterocycles. The van der Waals surface area contributed by atoms with Gasteiger partial charge in [0.1, 0.15) is 0 Å². The van der Waals surface area contributed by atoms with Gasteiger partial charge in [-0.3, -0.25) is 4.79 Å². The molecular weight excluding hydrogens is 376 g/mol. The molecule has 0 aliphatic rings. The average Bonchev–Trinajstić information content (AvgIpc) is 2.66. The second-order valence-corrected chi connectivity index (χ2v) is 8.84. The molecule has 0 aliphatic carbocycles. The third-order valence-electron chi connectivity index (χ3n) is 4.47. The predicted molar refractivity (Wildman–Crippen MR) is 110 cm³/mol. The zero-order valence-electron chi connectivity index (χ0n) is 17.0. The van der Waals surface area contributed by atoms with E-state index in [1.165, 1.54) is 13.1 Å². The topological polar surface area (TPSA) is 84.5 Å². The first-order valence-corrected chi connectivity index (χ1v) is 10.6. The summed E-state index contributed by atoms with van der Waals surface area (Å²) in [6.07, 6.45) is 0.149. The van der Waals surface area contributed by atoms with Crippen LogP contribution in [0.3, 0.4) is 0 Å². The molecule has 1 amide bonds. The van der Waals surface area contributed by atoms with Crippen molar-refractivity contribution in [3.8, 4) is 0 Å². The first-order valence-electron chi connectivity index (χ1n) is 9.16. The Morgan fingerprint density at radius 2 is 1.79 bits per heavy atom. The van der Waals surface area contributed by atoms with Crippen molar-refractivity contribution in [1.82, 2.24) is 10.0 Å². The Bertz CT molecular complexity index is 953. The maximum absolute atomic E-state index is 12.6. The van der Waals surface area contributed by atoms with Gasteiger partial charge < -0.3 is 10.1 Å². The SMILES string of the molecule is CNS(=O)(=O)c1cc(C(=O)NCc2cccc(COC(C)C)c2)cc(C)c1C. The van der Waals surface area contributed by atoms with E-state index in [2.05, 4.69) is 10.0 Å². The lowest BCUT2D eigenvalue weighted by atomic mass is 10.1. The molecule has 2 rings (SSSR count). The molecule has 2 N–H and O–H groups in total. The predicted octanol–water partition coefficient (Wildman–Crippen LogP) is 3.07. The molecule has 6 nitrogen and oxygen atoms in total. The van der Waals surface area contributed by atoms with Crippen LogP contribution in [0.25, 0.3) is 0 Å². The Morgan fingerprint density at radius 1 is 1.11 bits per heavy atom. The molecule has 28 heavy (non-hydrogen) atoms. The van der Waals surface area contributed by atoms with Crippen molar-refractivity contribution in [2.24, 2.45) is 0 Å². The van der Waals surface area contributed by atoms with E-state index < -0.39 is 10.0 Å². The fourth-order valence-electron chi connectivity index (χ4n) is 2.72. The fraction of sp³-hybridized carbons (Fsp3) is 0.381. The highest BCUT2D eigenvalue weighted by atomic mass is 32.2. The molecule has 0 saturated carbocycles. The van der Waals surface area contributed by atoms with Gasteiger partial charge in [0.05, 0.1) is 17.6 Å². The van der Waals surface area contributed by atoms with Gasteiger partial charge >= 0.3 is 0 Å². The summed E-state index contributed by atoms with van der Waals surface area (Å²) in [7, 11) is -2.28. The van der Waals surface area contributed by atoms with Gasteiger partial charge in [0.2, 0.25) is 10.0 Å². The van der Waals surface area contributed by atoms with E-state index in [9.17, 15) is 13.2 Å². The molecule has 2 aromatic carbocycles. The van der Waals surface area contributed by atoms with E-state index in [0.29, 0.717) is 24.3 Å². The Morgan fingerprint density at radius 3 is 2.43 bits per heavy atom. The number of nitrogens with one attached hydrogen (secondary N) is 2. The lowest BCUT2D eigenvalue weighted by Crippen LogP contribution is -2.25. The second kappa shape index (κ2) is 9.32. The molecule has 0 bridgehead atoms. The van der Waals surface area contributed by atoms with Crippen LogP contribution < -0.4 is 10.0 Å². The van der Waals surface area contributed by atoms with Crippen molar-refractivity contribution in [2.75, 3.05) is 7.05 Å². The smallest absolute Gasteiger partial charge is 0.251 e. The van der Waals surface area contributed by atoms with Gasteiger partial charge in [-0.2, -0.15) is 0 Å². The Hall–Kier alpha value is -2.22. The molecule has 0 fully saturated rings. The molecule has 152 valence electrons. The largest absolute Gasteiger partial charge is 0.374 e. The van der Waals surface area contributed by atoms with Gasteiger partial charge in [-0.15, -0.1) is 0 Å². The maximum atomic E-state index is 12.6. The summed E-state index contributed by atoms with van der Waals surface area (Å²) in [5.74, 6) is -0.320. The van der Waals surface area contributed by atoms with Crippen LogP contribution in [0.15, 0.2) is 41.3 Å². The van der Waals surface area contributed by atoms with Crippen LogP contribution in [0.4, 0.5) is 0 Å². The first kappa shape index (κ1) is 22.1. The average molecular weight is 405 g/mol. The number of carbonyl (C=O) groups is 1. The normalized spacial score (nSPS) is 11.6. The van der Waals surface area contributed by atoms with Gasteiger partial charge in [-0.25, -0.2) is 13.1 Å². The van der Waals surface area contributed by atoms with E-state index in [4.69, 9.17) is 4.74 Å². The van der Waals surface area contributed by atoms with Crippen molar-refractivity contribution in [3.63, 3.8) is 0 Å². The summed E-state index contributed by atoms with van der Waals surface area (Å²) in [4.78, 5) is 12.7. The van der Waals surface area contributed by atoms with Crippen molar-refractivity contribution in [3.05, 3.63) is 64.2 Å². The molecule has 0 radical (unpaired) electrons. The Balaban J connectivity index is 2.15. The van der Waals surface area contributed by atoms with Crippen molar-refractivity contribution in [1.29, 1.82) is 0 Å². The number of carbonyl (C=O) groups excluding carboxylic acids is 1. The van der Waals surface area contributed by atoms with E-state index in [-0.39, 0.29) is 16.9 Å². The summed E-state index contributed by atoms with van der Waals surface area (Å²) in [5.41, 5.74) is 3.67. The number of aryl methyl sites for hydroxylation is 1. The molecule has 2 aromatic rings. The van der Waals surface area contributed by atoms with Crippen LogP contribution >= 0.6 is 0 Å². The molecular formula is C21H28N2O4S. The van der Waals surface area contributed by atoms with Gasteiger partial charge in [0, 0.05) is 12.1 Å². The minimum absolute atomic E-state index is 0.119. The molecule has 7 heteroatoms. The van der Waals surface area contributed by atoms with Gasteiger partial charge in [-0.05, 0) is 69.1 Å². The Kier molecular flexibility index (Phi) is 7.35. The highest BCUT2D eigenvalue weighted by Gasteiger charge is 2.19. The van der Waals surface area contributed by atoms with E-state index in [1.807, 2.05) is 38.1 Å². The second-order valence-electron chi connectivity index (χ2n) is 6.99. The zero-order valence-corrected chi connectivity index (χ0v) is 17.8. The first-order chi connectivity index (χ1) is 13.1. The van der Waals surface area contributed by atoms with E-state index in [1.54, 1.807) is 19.9 Å². The highest BCUT2D eigenvalue weighted by molar-refractivity contribution is 7.89. The van der Waals surface area contributed by atoms with E-state index in [0.717, 1.165) is 16.7 Å². The maximum Gasteiger partial charge on any atom is 0.251 e. The van der Waals surface area contributed by atoms with Crippen LogP contribution in [0.5, 0.6) is 0 Å². The van der Waals surface area contributed by atoms with Crippen LogP contribution in [-0.4, -0.2) is 27.5 Å². The van der Waals surface area contributed by atoms with Crippen LogP contribution in [0, 0.1) is 13.8 Å². The van der Waals surface area contributed by atoms with Crippen LogP contribution in [0.1, 0.15) is 46.5 Å². The summed E-state index contributed by atoms with van der Waals surface area (Å²) in [5, 5.41) is 2.86. The molecule has 0 aromatic heterocycles. The lowest BCUT2D eigenvalue weighted by Gasteiger charge is -2.13. The standard InChI is InChI=1S/C21H28N2O4S/c1-14(2)27-13-18-8-6-7-17(10-18)12-23-21(24)19-9-15(3)16(4)20(11-19)28(25,26)22-5/h6-11,14,22H,12-13H2,1-5H3,(H,23,24).